The number of aromatic nitrogens is 1. The molecule has 1 fully saturated rings. The van der Waals surface area contributed by atoms with Crippen LogP contribution in [-0.4, -0.2) is 67.1 Å². The van der Waals surface area contributed by atoms with Crippen LogP contribution in [0.5, 0.6) is 0 Å². The molecule has 1 aliphatic rings. The molecular weight excluding hydrogens is 306 g/mol. The number of nitrogens with zero attached hydrogens (tertiary/aromatic N) is 3. The molecule has 8 heteroatoms. The van der Waals surface area contributed by atoms with Crippen molar-refractivity contribution in [1.29, 1.82) is 0 Å². The van der Waals surface area contributed by atoms with E-state index in [4.69, 9.17) is 4.74 Å². The summed E-state index contributed by atoms with van der Waals surface area (Å²) in [5.74, 6) is -0.216. The van der Waals surface area contributed by atoms with Gasteiger partial charge in [0.2, 0.25) is 15.9 Å². The second-order valence-corrected chi connectivity index (χ2v) is 7.21. The number of carbonyl (C=O) groups is 1. The quantitative estimate of drug-likeness (QED) is 0.740. The van der Waals surface area contributed by atoms with Crippen molar-refractivity contribution in [2.75, 3.05) is 38.6 Å². The molecule has 0 N–H and O–H groups in total. The lowest BCUT2D eigenvalue weighted by molar-refractivity contribution is -0.129. The molecule has 2 rings (SSSR count). The van der Waals surface area contributed by atoms with E-state index in [9.17, 15) is 13.2 Å². The summed E-state index contributed by atoms with van der Waals surface area (Å²) in [6.07, 6.45) is 3.30. The Labute approximate surface area is 130 Å². The average Bonchev–Trinajstić information content (AvgIpc) is 2.53. The van der Waals surface area contributed by atoms with Gasteiger partial charge in [-0.2, -0.15) is 4.31 Å². The van der Waals surface area contributed by atoms with Crippen LogP contribution < -0.4 is 0 Å². The molecule has 1 aliphatic heterocycles. The van der Waals surface area contributed by atoms with Gasteiger partial charge in [-0.15, -0.1) is 0 Å². The van der Waals surface area contributed by atoms with Crippen LogP contribution in [0.4, 0.5) is 0 Å². The number of rotatable bonds is 6. The standard InChI is InChI=1S/C14H21N3O4S/c1-13(18)16(12-14-2-4-15-5-3-14)8-11-22(19,20)17-6-9-21-10-7-17/h2-5H,6-12H2,1H3. The topological polar surface area (TPSA) is 79.8 Å². The Morgan fingerprint density at radius 1 is 1.32 bits per heavy atom. The summed E-state index contributed by atoms with van der Waals surface area (Å²) in [6, 6.07) is 3.62. The zero-order chi connectivity index (χ0) is 16.0. The van der Waals surface area contributed by atoms with Gasteiger partial charge in [0.25, 0.3) is 0 Å². The maximum absolute atomic E-state index is 12.3. The fraction of sp³-hybridized carbons (Fsp3) is 0.571. The molecule has 0 atom stereocenters. The van der Waals surface area contributed by atoms with Crippen molar-refractivity contribution in [3.8, 4) is 0 Å². The van der Waals surface area contributed by atoms with E-state index in [2.05, 4.69) is 4.98 Å². The zero-order valence-corrected chi connectivity index (χ0v) is 13.5. The monoisotopic (exact) mass is 327 g/mol. The lowest BCUT2D eigenvalue weighted by Crippen LogP contribution is -2.44. The SMILES string of the molecule is CC(=O)N(CCS(=O)(=O)N1CCOCC1)Cc1ccncc1. The predicted octanol–water partition coefficient (Wildman–Crippen LogP) is 0.0921. The van der Waals surface area contributed by atoms with Gasteiger partial charge in [0, 0.05) is 45.5 Å². The van der Waals surface area contributed by atoms with Gasteiger partial charge in [-0.05, 0) is 17.7 Å². The van der Waals surface area contributed by atoms with Crippen molar-refractivity contribution in [3.05, 3.63) is 30.1 Å². The lowest BCUT2D eigenvalue weighted by Gasteiger charge is -2.27. The van der Waals surface area contributed by atoms with Crippen LogP contribution in [0.3, 0.4) is 0 Å². The van der Waals surface area contributed by atoms with Crippen LogP contribution in [0, 0.1) is 0 Å². The molecule has 2 heterocycles. The first-order chi connectivity index (χ1) is 10.5. The van der Waals surface area contributed by atoms with Crippen LogP contribution in [0.1, 0.15) is 12.5 Å². The second-order valence-electron chi connectivity index (χ2n) is 5.12. The smallest absolute Gasteiger partial charge is 0.219 e. The molecule has 1 amide bonds. The van der Waals surface area contributed by atoms with Gasteiger partial charge >= 0.3 is 0 Å². The summed E-state index contributed by atoms with van der Waals surface area (Å²) in [6.45, 7) is 3.62. The molecule has 0 radical (unpaired) electrons. The number of pyridine rings is 1. The van der Waals surface area contributed by atoms with Gasteiger partial charge in [0.15, 0.2) is 0 Å². The third-order valence-corrected chi connectivity index (χ3v) is 5.40. The first kappa shape index (κ1) is 16.9. The Hall–Kier alpha value is -1.51. The molecule has 122 valence electrons. The summed E-state index contributed by atoms with van der Waals surface area (Å²) in [5.41, 5.74) is 0.925. The minimum atomic E-state index is -3.36. The lowest BCUT2D eigenvalue weighted by atomic mass is 10.2. The summed E-state index contributed by atoms with van der Waals surface area (Å²) < 4.78 is 31.2. The van der Waals surface area contributed by atoms with E-state index in [0.29, 0.717) is 32.8 Å². The van der Waals surface area contributed by atoms with E-state index in [0.717, 1.165) is 5.56 Å². The molecule has 0 spiro atoms. The van der Waals surface area contributed by atoms with Crippen molar-refractivity contribution in [1.82, 2.24) is 14.2 Å². The normalized spacial score (nSPS) is 16.4. The van der Waals surface area contributed by atoms with E-state index in [1.54, 1.807) is 12.4 Å². The summed E-state index contributed by atoms with van der Waals surface area (Å²) in [4.78, 5) is 17.2. The van der Waals surface area contributed by atoms with Gasteiger partial charge in [-0.25, -0.2) is 8.42 Å². The molecule has 0 saturated carbocycles. The van der Waals surface area contributed by atoms with Gasteiger partial charge < -0.3 is 9.64 Å². The van der Waals surface area contributed by atoms with Crippen LogP contribution in [-0.2, 0) is 26.1 Å². The fourth-order valence-corrected chi connectivity index (χ4v) is 3.65. The van der Waals surface area contributed by atoms with Crippen molar-refractivity contribution >= 4 is 15.9 Å². The Morgan fingerprint density at radius 3 is 2.55 bits per heavy atom. The van der Waals surface area contributed by atoms with E-state index in [1.165, 1.54) is 16.1 Å². The van der Waals surface area contributed by atoms with E-state index < -0.39 is 10.0 Å². The molecule has 22 heavy (non-hydrogen) atoms. The van der Waals surface area contributed by atoms with Gasteiger partial charge in [0.05, 0.1) is 19.0 Å². The van der Waals surface area contributed by atoms with E-state index in [1.807, 2.05) is 12.1 Å². The minimum Gasteiger partial charge on any atom is -0.379 e. The summed E-state index contributed by atoms with van der Waals surface area (Å²) in [5, 5.41) is 0. The highest BCUT2D eigenvalue weighted by Crippen LogP contribution is 2.08. The van der Waals surface area contributed by atoms with Gasteiger partial charge in [-0.3, -0.25) is 9.78 Å². The summed E-state index contributed by atoms with van der Waals surface area (Å²) >= 11 is 0. The largest absolute Gasteiger partial charge is 0.379 e. The molecule has 0 unspecified atom stereocenters. The molecule has 7 nitrogen and oxygen atoms in total. The van der Waals surface area contributed by atoms with Crippen LogP contribution in [0.15, 0.2) is 24.5 Å². The van der Waals surface area contributed by atoms with Crippen molar-refractivity contribution in [2.45, 2.75) is 13.5 Å². The number of hydrogen-bond donors (Lipinski definition) is 0. The minimum absolute atomic E-state index is 0.0718. The molecule has 0 aliphatic carbocycles. The fourth-order valence-electron chi connectivity index (χ4n) is 2.24. The molecule has 0 aromatic carbocycles. The molecule has 1 saturated heterocycles. The van der Waals surface area contributed by atoms with Crippen LogP contribution in [0.25, 0.3) is 0 Å². The molecule has 1 aromatic rings. The number of amides is 1. The number of carbonyl (C=O) groups excluding carboxylic acids is 1. The van der Waals surface area contributed by atoms with Gasteiger partial charge in [-0.1, -0.05) is 0 Å². The Balaban J connectivity index is 1.95. The number of morpholine rings is 1. The van der Waals surface area contributed by atoms with E-state index in [-0.39, 0.29) is 18.2 Å². The number of ether oxygens (including phenoxy) is 1. The first-order valence-corrected chi connectivity index (χ1v) is 8.80. The van der Waals surface area contributed by atoms with Gasteiger partial charge in [0.1, 0.15) is 0 Å². The highest BCUT2D eigenvalue weighted by molar-refractivity contribution is 7.89. The highest BCUT2D eigenvalue weighted by atomic mass is 32.2. The Morgan fingerprint density at radius 2 is 1.95 bits per heavy atom. The Kier molecular flexibility index (Phi) is 5.87. The highest BCUT2D eigenvalue weighted by Gasteiger charge is 2.25. The number of sulfonamides is 1. The third kappa shape index (κ3) is 4.75. The molecule has 1 aromatic heterocycles. The third-order valence-electron chi connectivity index (χ3n) is 3.55. The molecule has 0 bridgehead atoms. The predicted molar refractivity (Wildman–Crippen MR) is 81.5 cm³/mol. The van der Waals surface area contributed by atoms with Crippen molar-refractivity contribution in [2.24, 2.45) is 0 Å². The van der Waals surface area contributed by atoms with Crippen molar-refractivity contribution < 1.29 is 17.9 Å². The maximum Gasteiger partial charge on any atom is 0.219 e. The summed E-state index contributed by atoms with van der Waals surface area (Å²) in [7, 11) is -3.36. The van der Waals surface area contributed by atoms with Crippen molar-refractivity contribution in [3.63, 3.8) is 0 Å². The van der Waals surface area contributed by atoms with E-state index >= 15 is 0 Å². The molecular formula is C14H21N3O4S. The Bertz CT molecular complexity index is 585. The van der Waals surface area contributed by atoms with Crippen LogP contribution >= 0.6 is 0 Å². The first-order valence-electron chi connectivity index (χ1n) is 7.19. The average molecular weight is 327 g/mol. The number of hydrogen-bond acceptors (Lipinski definition) is 5. The second kappa shape index (κ2) is 7.66. The maximum atomic E-state index is 12.3. The zero-order valence-electron chi connectivity index (χ0n) is 12.6. The van der Waals surface area contributed by atoms with Crippen LogP contribution in [0.2, 0.25) is 0 Å².